The van der Waals surface area contributed by atoms with Crippen LogP contribution in [0.15, 0.2) is 0 Å². The highest BCUT2D eigenvalue weighted by Crippen LogP contribution is 2.25. The molecule has 0 aromatic carbocycles. The predicted molar refractivity (Wildman–Crippen MR) is 102 cm³/mol. The Kier molecular flexibility index (Phi) is 24.1. The normalized spacial score (nSPS) is 11.2. The van der Waals surface area contributed by atoms with Crippen LogP contribution in [0.4, 0.5) is 0 Å². The minimum atomic E-state index is -4.64. The predicted octanol–water partition coefficient (Wildman–Crippen LogP) is 5.81. The van der Waals surface area contributed by atoms with Crippen molar-refractivity contribution in [2.24, 2.45) is 0 Å². The molecule has 0 rings (SSSR count). The molecule has 0 heterocycles. The van der Waals surface area contributed by atoms with Gasteiger partial charge in [0.25, 0.3) is 0 Å². The smallest absolute Gasteiger partial charge is 0.303 e. The number of phosphoric acid groups is 1. The second kappa shape index (κ2) is 22.1. The van der Waals surface area contributed by atoms with Crippen molar-refractivity contribution >= 4 is 7.82 Å². The average Bonchev–Trinajstić information content (AvgIpc) is 2.53. The zero-order valence-corrected chi connectivity index (χ0v) is 17.0. The molecule has 0 aliphatic carbocycles. The first-order valence-corrected chi connectivity index (χ1v) is 11.5. The molecule has 0 aliphatic heterocycles. The van der Waals surface area contributed by atoms with E-state index in [4.69, 9.17) is 24.5 Å². The van der Waals surface area contributed by atoms with Crippen molar-refractivity contribution in [1.29, 1.82) is 0 Å². The van der Waals surface area contributed by atoms with Crippen molar-refractivity contribution in [3.05, 3.63) is 0 Å². The van der Waals surface area contributed by atoms with Crippen molar-refractivity contribution in [1.82, 2.24) is 0 Å². The summed E-state index contributed by atoms with van der Waals surface area (Å²) in [4.78, 5) is 25.6. The van der Waals surface area contributed by atoms with E-state index < -0.39 is 7.82 Å². The Morgan fingerprint density at radius 3 is 1.08 bits per heavy atom. The van der Waals surface area contributed by atoms with Crippen molar-refractivity contribution in [2.45, 2.75) is 110 Å². The molecule has 0 aromatic heterocycles. The molecule has 6 nitrogen and oxygen atoms in total. The van der Waals surface area contributed by atoms with Gasteiger partial charge in [-0.1, -0.05) is 103 Å². The molecular weight excluding hydrogens is 343 g/mol. The highest BCUT2D eigenvalue weighted by atomic mass is 31.2. The fourth-order valence-corrected chi connectivity index (χ4v) is 2.71. The van der Waals surface area contributed by atoms with E-state index in [1.54, 1.807) is 0 Å². The Morgan fingerprint density at radius 2 is 0.840 bits per heavy atom. The van der Waals surface area contributed by atoms with Crippen LogP contribution in [0.2, 0.25) is 0 Å². The van der Waals surface area contributed by atoms with E-state index in [0.29, 0.717) is 6.61 Å². The second-order valence-electron chi connectivity index (χ2n) is 6.65. The van der Waals surface area contributed by atoms with Crippen LogP contribution in [-0.4, -0.2) is 26.5 Å². The van der Waals surface area contributed by atoms with E-state index in [1.807, 2.05) is 0 Å². The van der Waals surface area contributed by atoms with Crippen molar-refractivity contribution < 1.29 is 29.4 Å². The molecule has 0 unspecified atom stereocenters. The molecule has 0 aliphatic rings. The van der Waals surface area contributed by atoms with Crippen LogP contribution < -0.4 is 0 Å². The summed E-state index contributed by atoms with van der Waals surface area (Å²) in [5.41, 5.74) is 0. The zero-order chi connectivity index (χ0) is 19.2. The summed E-state index contributed by atoms with van der Waals surface area (Å²) in [6, 6.07) is 0. The maximum absolute atomic E-state index is 8.88. The Bertz CT molecular complexity index is 256. The molecule has 0 saturated carbocycles. The van der Waals surface area contributed by atoms with E-state index in [9.17, 15) is 0 Å². The lowest BCUT2D eigenvalue weighted by atomic mass is 10.0. The SMILES string of the molecule is CCCCCCCCCCCCCCCCCCOO.O=P(O)(O)O. The molecule has 0 spiro atoms. The quantitative estimate of drug-likeness (QED) is 0.109. The number of rotatable bonds is 17. The van der Waals surface area contributed by atoms with Crippen molar-refractivity contribution in [3.63, 3.8) is 0 Å². The van der Waals surface area contributed by atoms with Gasteiger partial charge in [-0.15, -0.1) is 0 Å². The highest BCUT2D eigenvalue weighted by molar-refractivity contribution is 7.45. The van der Waals surface area contributed by atoms with E-state index in [0.717, 1.165) is 6.42 Å². The highest BCUT2D eigenvalue weighted by Gasteiger charge is 2.00. The molecule has 0 bridgehead atoms. The fourth-order valence-electron chi connectivity index (χ4n) is 2.71. The average molecular weight is 384 g/mol. The van der Waals surface area contributed by atoms with Crippen LogP contribution >= 0.6 is 7.82 Å². The van der Waals surface area contributed by atoms with E-state index >= 15 is 0 Å². The Labute approximate surface area is 154 Å². The molecule has 0 fully saturated rings. The summed E-state index contributed by atoms with van der Waals surface area (Å²) in [6.07, 6.45) is 22.0. The summed E-state index contributed by atoms with van der Waals surface area (Å²) >= 11 is 0. The van der Waals surface area contributed by atoms with Gasteiger partial charge in [-0.2, -0.15) is 0 Å². The minimum Gasteiger partial charge on any atom is -0.303 e. The van der Waals surface area contributed by atoms with E-state index in [2.05, 4.69) is 11.8 Å². The lowest BCUT2D eigenvalue weighted by Crippen LogP contribution is -1.88. The van der Waals surface area contributed by atoms with Crippen LogP contribution in [0, 0.1) is 0 Å². The van der Waals surface area contributed by atoms with Crippen LogP contribution in [0.5, 0.6) is 0 Å². The number of hydrogen-bond donors (Lipinski definition) is 4. The first-order chi connectivity index (χ1) is 11.9. The number of unbranched alkanes of at least 4 members (excludes halogenated alkanes) is 15. The molecule has 0 aromatic rings. The number of hydrogen-bond acceptors (Lipinski definition) is 3. The molecule has 0 atom stereocenters. The summed E-state index contributed by atoms with van der Waals surface area (Å²) in [5, 5.41) is 8.18. The monoisotopic (exact) mass is 384 g/mol. The van der Waals surface area contributed by atoms with E-state index in [1.165, 1.54) is 96.3 Å². The fraction of sp³-hybridized carbons (Fsp3) is 1.00. The third kappa shape index (κ3) is 40.2. The van der Waals surface area contributed by atoms with Crippen molar-refractivity contribution in [3.8, 4) is 0 Å². The van der Waals surface area contributed by atoms with Gasteiger partial charge in [-0.25, -0.2) is 9.45 Å². The third-order valence-electron chi connectivity index (χ3n) is 4.09. The first kappa shape index (κ1) is 27.3. The van der Waals surface area contributed by atoms with Gasteiger partial charge in [0, 0.05) is 0 Å². The molecule has 7 heteroatoms. The van der Waals surface area contributed by atoms with Gasteiger partial charge in [-0.05, 0) is 6.42 Å². The first-order valence-electron chi connectivity index (χ1n) is 9.96. The summed E-state index contributed by atoms with van der Waals surface area (Å²) < 4.78 is 8.88. The van der Waals surface area contributed by atoms with Gasteiger partial charge in [0.15, 0.2) is 0 Å². The van der Waals surface area contributed by atoms with Gasteiger partial charge < -0.3 is 14.7 Å². The Hall–Kier alpha value is 0.0300. The molecule has 0 saturated heterocycles. The molecule has 0 radical (unpaired) electrons. The third-order valence-corrected chi connectivity index (χ3v) is 4.09. The molecule has 4 N–H and O–H groups in total. The minimum absolute atomic E-state index is 0.498. The van der Waals surface area contributed by atoms with Gasteiger partial charge in [0.05, 0.1) is 6.61 Å². The lowest BCUT2D eigenvalue weighted by molar-refractivity contribution is -0.242. The van der Waals surface area contributed by atoms with Crippen LogP contribution in [0.1, 0.15) is 110 Å². The maximum Gasteiger partial charge on any atom is 0.466 e. The lowest BCUT2D eigenvalue weighted by Gasteiger charge is -2.03. The second-order valence-corrected chi connectivity index (χ2v) is 7.68. The molecule has 154 valence electrons. The largest absolute Gasteiger partial charge is 0.466 e. The van der Waals surface area contributed by atoms with E-state index in [-0.39, 0.29) is 0 Å². The van der Waals surface area contributed by atoms with Crippen LogP contribution in [0.25, 0.3) is 0 Å². The standard InChI is InChI=1S/C18H38O2.H3O4P/c1-2-3-4-5-6-7-8-9-10-11-12-13-14-15-16-17-18-20-19;1-5(2,3)4/h19H,2-18H2,1H3;(H3,1,2,3,4). The molecule has 0 amide bonds. The van der Waals surface area contributed by atoms with Crippen LogP contribution in [-0.2, 0) is 9.45 Å². The molecule has 25 heavy (non-hydrogen) atoms. The maximum atomic E-state index is 8.88. The molecular formula is C18H41O6P. The van der Waals surface area contributed by atoms with Gasteiger partial charge >= 0.3 is 7.82 Å². The summed E-state index contributed by atoms with van der Waals surface area (Å²) in [5.74, 6) is 0. The van der Waals surface area contributed by atoms with Gasteiger partial charge in [0.2, 0.25) is 0 Å². The zero-order valence-electron chi connectivity index (χ0n) is 16.1. The summed E-state index contributed by atoms with van der Waals surface area (Å²) in [6.45, 7) is 2.78. The van der Waals surface area contributed by atoms with Gasteiger partial charge in [0.1, 0.15) is 0 Å². The topological polar surface area (TPSA) is 107 Å². The Morgan fingerprint density at radius 1 is 0.600 bits per heavy atom. The Balaban J connectivity index is 0. The van der Waals surface area contributed by atoms with Crippen LogP contribution in [0.3, 0.4) is 0 Å². The van der Waals surface area contributed by atoms with Crippen molar-refractivity contribution in [2.75, 3.05) is 6.61 Å². The van der Waals surface area contributed by atoms with Gasteiger partial charge in [-0.3, -0.25) is 5.26 Å². The summed E-state index contributed by atoms with van der Waals surface area (Å²) in [7, 11) is -4.64.